The number of halogens is 1. The first-order chi connectivity index (χ1) is 7.77. The van der Waals surface area contributed by atoms with Crippen molar-refractivity contribution in [2.24, 2.45) is 0 Å². The molecule has 0 spiro atoms. The molecule has 0 N–H and O–H groups in total. The zero-order valence-electron chi connectivity index (χ0n) is 11.9. The van der Waals surface area contributed by atoms with Gasteiger partial charge in [-0.25, -0.2) is 0 Å². The molecule has 0 aliphatic rings. The van der Waals surface area contributed by atoms with Crippen molar-refractivity contribution in [2.45, 2.75) is 46.7 Å². The number of alkyl halides is 1. The predicted octanol–water partition coefficient (Wildman–Crippen LogP) is 4.06. The molecular weight excluding hydrogens is 230 g/mol. The van der Waals surface area contributed by atoms with Crippen molar-refractivity contribution in [3.63, 3.8) is 0 Å². The Balaban J connectivity index is 2.96. The minimum Gasteiger partial charge on any atom is -0.296 e. The fraction of sp³-hybridized carbons (Fsp3) is 0.600. The Morgan fingerprint density at radius 1 is 1.12 bits per heavy atom. The Labute approximate surface area is 111 Å². The third-order valence-corrected chi connectivity index (χ3v) is 4.25. The summed E-state index contributed by atoms with van der Waals surface area (Å²) in [6.45, 7) is 11.8. The van der Waals surface area contributed by atoms with Crippen LogP contribution in [0.4, 0.5) is 0 Å². The van der Waals surface area contributed by atoms with E-state index in [0.717, 1.165) is 6.54 Å². The van der Waals surface area contributed by atoms with Gasteiger partial charge in [-0.05, 0) is 58.4 Å². The van der Waals surface area contributed by atoms with E-state index in [4.69, 9.17) is 11.6 Å². The van der Waals surface area contributed by atoms with Crippen molar-refractivity contribution in [3.8, 4) is 0 Å². The van der Waals surface area contributed by atoms with E-state index in [9.17, 15) is 0 Å². The summed E-state index contributed by atoms with van der Waals surface area (Å²) in [6, 6.07) is 4.51. The molecule has 0 atom stereocenters. The van der Waals surface area contributed by atoms with E-state index < -0.39 is 0 Å². The highest BCUT2D eigenvalue weighted by Gasteiger charge is 2.23. The zero-order chi connectivity index (χ0) is 13.2. The molecule has 17 heavy (non-hydrogen) atoms. The van der Waals surface area contributed by atoms with Gasteiger partial charge >= 0.3 is 0 Å². The fourth-order valence-electron chi connectivity index (χ4n) is 2.01. The lowest BCUT2D eigenvalue weighted by Gasteiger charge is -2.34. The van der Waals surface area contributed by atoms with Gasteiger partial charge in [0.05, 0.1) is 0 Å². The summed E-state index contributed by atoms with van der Waals surface area (Å²) in [5, 5.41) is 0. The lowest BCUT2D eigenvalue weighted by molar-refractivity contribution is 0.170. The van der Waals surface area contributed by atoms with Crippen LogP contribution in [0.5, 0.6) is 0 Å². The first-order valence-electron chi connectivity index (χ1n) is 6.12. The average molecular weight is 254 g/mol. The lowest BCUT2D eigenvalue weighted by Crippen LogP contribution is -2.42. The summed E-state index contributed by atoms with van der Waals surface area (Å²) in [6.07, 6.45) is 0. The normalized spacial score (nSPS) is 12.2. The number of rotatable bonds is 4. The van der Waals surface area contributed by atoms with Crippen LogP contribution in [0, 0.1) is 20.8 Å². The molecule has 0 aliphatic heterocycles. The van der Waals surface area contributed by atoms with E-state index in [0.29, 0.717) is 5.88 Å². The first-order valence-corrected chi connectivity index (χ1v) is 6.65. The fourth-order valence-corrected chi connectivity index (χ4v) is 2.22. The number of benzene rings is 1. The summed E-state index contributed by atoms with van der Waals surface area (Å²) >= 11 is 6.02. The monoisotopic (exact) mass is 253 g/mol. The molecule has 2 heteroatoms. The maximum atomic E-state index is 6.02. The van der Waals surface area contributed by atoms with Crippen LogP contribution in [0.2, 0.25) is 0 Å². The standard InChI is InChI=1S/C15H24ClN/c1-11-7-12(2)14(13(3)8-11)9-17(6)15(4,5)10-16/h7-8H,9-10H2,1-6H3. The molecule has 0 unspecified atom stereocenters. The highest BCUT2D eigenvalue weighted by molar-refractivity contribution is 6.18. The highest BCUT2D eigenvalue weighted by Crippen LogP contribution is 2.22. The Morgan fingerprint density at radius 3 is 2.00 bits per heavy atom. The average Bonchev–Trinajstić information content (AvgIpc) is 2.22. The van der Waals surface area contributed by atoms with E-state index >= 15 is 0 Å². The van der Waals surface area contributed by atoms with Gasteiger partial charge in [0.1, 0.15) is 0 Å². The molecule has 1 nitrogen and oxygen atoms in total. The van der Waals surface area contributed by atoms with Gasteiger partial charge in [0.15, 0.2) is 0 Å². The molecule has 0 fully saturated rings. The summed E-state index contributed by atoms with van der Waals surface area (Å²) < 4.78 is 0. The molecule has 0 saturated heterocycles. The quantitative estimate of drug-likeness (QED) is 0.732. The smallest absolute Gasteiger partial charge is 0.0402 e. The molecular formula is C15H24ClN. The zero-order valence-corrected chi connectivity index (χ0v) is 12.7. The van der Waals surface area contributed by atoms with Gasteiger partial charge in [0.25, 0.3) is 0 Å². The lowest BCUT2D eigenvalue weighted by atomic mass is 9.97. The largest absolute Gasteiger partial charge is 0.296 e. The van der Waals surface area contributed by atoms with Crippen LogP contribution in [-0.2, 0) is 6.54 Å². The van der Waals surface area contributed by atoms with Gasteiger partial charge in [-0.15, -0.1) is 11.6 Å². The van der Waals surface area contributed by atoms with Crippen LogP contribution in [-0.4, -0.2) is 23.4 Å². The van der Waals surface area contributed by atoms with Crippen molar-refractivity contribution in [3.05, 3.63) is 34.4 Å². The molecule has 1 aromatic rings. The second-order valence-electron chi connectivity index (χ2n) is 5.68. The van der Waals surface area contributed by atoms with E-state index in [1.165, 1.54) is 22.3 Å². The highest BCUT2D eigenvalue weighted by atomic mass is 35.5. The Bertz CT molecular complexity index is 373. The summed E-state index contributed by atoms with van der Waals surface area (Å²) in [5.41, 5.74) is 5.55. The number of aryl methyl sites for hydroxylation is 3. The van der Waals surface area contributed by atoms with E-state index in [-0.39, 0.29) is 5.54 Å². The van der Waals surface area contributed by atoms with Gasteiger partial charge in [-0.1, -0.05) is 17.7 Å². The Hall–Kier alpha value is -0.530. The number of nitrogens with zero attached hydrogens (tertiary/aromatic N) is 1. The van der Waals surface area contributed by atoms with Crippen LogP contribution >= 0.6 is 11.6 Å². The first kappa shape index (κ1) is 14.5. The number of hydrogen-bond donors (Lipinski definition) is 0. The maximum Gasteiger partial charge on any atom is 0.0402 e. The van der Waals surface area contributed by atoms with Gasteiger partial charge < -0.3 is 0 Å². The molecule has 0 amide bonds. The molecule has 0 aromatic heterocycles. The van der Waals surface area contributed by atoms with Crippen molar-refractivity contribution in [1.29, 1.82) is 0 Å². The van der Waals surface area contributed by atoms with Crippen LogP contribution in [0.3, 0.4) is 0 Å². The topological polar surface area (TPSA) is 3.24 Å². The van der Waals surface area contributed by atoms with Crippen LogP contribution < -0.4 is 0 Å². The Kier molecular flexibility index (Phi) is 4.62. The minimum atomic E-state index is 0.0331. The van der Waals surface area contributed by atoms with Crippen molar-refractivity contribution in [1.82, 2.24) is 4.90 Å². The molecule has 1 aromatic carbocycles. The second kappa shape index (κ2) is 5.41. The van der Waals surface area contributed by atoms with Crippen molar-refractivity contribution < 1.29 is 0 Å². The minimum absolute atomic E-state index is 0.0331. The third kappa shape index (κ3) is 3.46. The van der Waals surface area contributed by atoms with Gasteiger partial charge in [0.2, 0.25) is 0 Å². The van der Waals surface area contributed by atoms with Gasteiger partial charge in [0, 0.05) is 18.0 Å². The molecule has 0 radical (unpaired) electrons. The molecule has 0 aliphatic carbocycles. The number of hydrogen-bond acceptors (Lipinski definition) is 1. The maximum absolute atomic E-state index is 6.02. The molecule has 0 heterocycles. The Morgan fingerprint density at radius 2 is 1.59 bits per heavy atom. The van der Waals surface area contributed by atoms with E-state index in [1.807, 2.05) is 0 Å². The molecule has 1 rings (SSSR count). The second-order valence-corrected chi connectivity index (χ2v) is 5.95. The van der Waals surface area contributed by atoms with E-state index in [1.54, 1.807) is 0 Å². The summed E-state index contributed by atoms with van der Waals surface area (Å²) in [7, 11) is 2.14. The predicted molar refractivity (Wildman–Crippen MR) is 76.9 cm³/mol. The molecule has 96 valence electrons. The third-order valence-electron chi connectivity index (χ3n) is 3.60. The molecule has 0 bridgehead atoms. The van der Waals surface area contributed by atoms with Crippen molar-refractivity contribution in [2.75, 3.05) is 12.9 Å². The van der Waals surface area contributed by atoms with Crippen LogP contribution in [0.15, 0.2) is 12.1 Å². The summed E-state index contributed by atoms with van der Waals surface area (Å²) in [5.74, 6) is 0.646. The van der Waals surface area contributed by atoms with Crippen LogP contribution in [0.1, 0.15) is 36.1 Å². The van der Waals surface area contributed by atoms with Gasteiger partial charge in [-0.2, -0.15) is 0 Å². The van der Waals surface area contributed by atoms with Crippen molar-refractivity contribution >= 4 is 11.6 Å². The van der Waals surface area contributed by atoms with E-state index in [2.05, 4.69) is 58.7 Å². The van der Waals surface area contributed by atoms with Crippen LogP contribution in [0.25, 0.3) is 0 Å². The molecule has 0 saturated carbocycles. The summed E-state index contributed by atoms with van der Waals surface area (Å²) in [4.78, 5) is 2.32. The van der Waals surface area contributed by atoms with Gasteiger partial charge in [-0.3, -0.25) is 4.90 Å². The SMILES string of the molecule is Cc1cc(C)c(CN(C)C(C)(C)CCl)c(C)c1.